The van der Waals surface area contributed by atoms with Crippen molar-refractivity contribution in [2.75, 3.05) is 18.5 Å². The summed E-state index contributed by atoms with van der Waals surface area (Å²) in [4.78, 5) is 35.0. The largest absolute Gasteiger partial charge is 0.450 e. The minimum absolute atomic E-state index is 0.201. The third-order valence-electron chi connectivity index (χ3n) is 3.31. The predicted octanol–water partition coefficient (Wildman–Crippen LogP) is 2.54. The molecule has 0 saturated heterocycles. The van der Waals surface area contributed by atoms with Crippen LogP contribution in [-0.2, 0) is 9.53 Å². The third kappa shape index (κ3) is 8.19. The molecule has 7 nitrogen and oxygen atoms in total. The fourth-order valence-corrected chi connectivity index (χ4v) is 2.36. The number of hydrogen-bond donors (Lipinski definition) is 3. The summed E-state index contributed by atoms with van der Waals surface area (Å²) < 4.78 is 4.90. The Morgan fingerprint density at radius 1 is 1.20 bits per heavy atom. The van der Waals surface area contributed by atoms with E-state index in [0.717, 1.165) is 0 Å². The standard InChI is InChI=1S/C18H27N3O4/c1-5-25-18(24)21-16(9-12(2)3)11-19-17(23)14-7-6-8-15(10-14)20-13(4)22/h6-8,10,12,16H,5,9,11H2,1-4H3,(H,19,23)(H,20,22)(H,21,24). The van der Waals surface area contributed by atoms with Gasteiger partial charge in [-0.1, -0.05) is 19.9 Å². The molecule has 0 saturated carbocycles. The van der Waals surface area contributed by atoms with Crippen molar-refractivity contribution in [3.8, 4) is 0 Å². The van der Waals surface area contributed by atoms with Gasteiger partial charge in [0, 0.05) is 30.8 Å². The first kappa shape index (κ1) is 20.5. The van der Waals surface area contributed by atoms with Gasteiger partial charge in [-0.3, -0.25) is 9.59 Å². The summed E-state index contributed by atoms with van der Waals surface area (Å²) >= 11 is 0. The number of benzene rings is 1. The van der Waals surface area contributed by atoms with Crippen LogP contribution in [-0.4, -0.2) is 37.1 Å². The SMILES string of the molecule is CCOC(=O)NC(CNC(=O)c1cccc(NC(C)=O)c1)CC(C)C. The van der Waals surface area contributed by atoms with E-state index in [0.29, 0.717) is 36.7 Å². The predicted molar refractivity (Wildman–Crippen MR) is 96.5 cm³/mol. The molecule has 3 N–H and O–H groups in total. The number of hydrogen-bond acceptors (Lipinski definition) is 4. The van der Waals surface area contributed by atoms with Gasteiger partial charge in [-0.15, -0.1) is 0 Å². The van der Waals surface area contributed by atoms with Crippen molar-refractivity contribution in [1.29, 1.82) is 0 Å². The average molecular weight is 349 g/mol. The second kappa shape index (κ2) is 10.3. The molecular weight excluding hydrogens is 322 g/mol. The Kier molecular flexibility index (Phi) is 8.46. The molecular formula is C18H27N3O4. The van der Waals surface area contributed by atoms with Crippen LogP contribution in [0.15, 0.2) is 24.3 Å². The van der Waals surface area contributed by atoms with Gasteiger partial charge in [-0.25, -0.2) is 4.79 Å². The zero-order valence-corrected chi connectivity index (χ0v) is 15.2. The molecule has 0 radical (unpaired) electrons. The highest BCUT2D eigenvalue weighted by Gasteiger charge is 2.16. The molecule has 0 aromatic heterocycles. The van der Waals surface area contributed by atoms with Crippen LogP contribution >= 0.6 is 0 Å². The lowest BCUT2D eigenvalue weighted by atomic mass is 10.0. The molecule has 1 rings (SSSR count). The van der Waals surface area contributed by atoms with E-state index in [9.17, 15) is 14.4 Å². The molecule has 25 heavy (non-hydrogen) atoms. The Balaban J connectivity index is 2.66. The van der Waals surface area contributed by atoms with Crippen LogP contribution in [0.2, 0.25) is 0 Å². The van der Waals surface area contributed by atoms with Crippen molar-refractivity contribution in [3.63, 3.8) is 0 Å². The molecule has 0 aliphatic heterocycles. The van der Waals surface area contributed by atoms with Gasteiger partial charge >= 0.3 is 6.09 Å². The van der Waals surface area contributed by atoms with E-state index in [-0.39, 0.29) is 17.9 Å². The van der Waals surface area contributed by atoms with Gasteiger partial charge in [0.25, 0.3) is 5.91 Å². The number of carbonyl (C=O) groups is 3. The molecule has 0 spiro atoms. The molecule has 1 unspecified atom stereocenters. The van der Waals surface area contributed by atoms with E-state index in [2.05, 4.69) is 16.0 Å². The Morgan fingerprint density at radius 2 is 1.92 bits per heavy atom. The zero-order valence-electron chi connectivity index (χ0n) is 15.2. The molecule has 0 heterocycles. The molecule has 0 fully saturated rings. The fraction of sp³-hybridized carbons (Fsp3) is 0.500. The first-order valence-electron chi connectivity index (χ1n) is 8.41. The minimum Gasteiger partial charge on any atom is -0.450 e. The number of carbonyl (C=O) groups excluding carboxylic acids is 3. The maximum atomic E-state index is 12.3. The number of nitrogens with one attached hydrogen (secondary N) is 3. The maximum absolute atomic E-state index is 12.3. The second-order valence-electron chi connectivity index (χ2n) is 6.16. The normalized spacial score (nSPS) is 11.6. The van der Waals surface area contributed by atoms with E-state index in [1.807, 2.05) is 13.8 Å². The number of alkyl carbamates (subject to hydrolysis) is 1. The maximum Gasteiger partial charge on any atom is 0.407 e. The van der Waals surface area contributed by atoms with Crippen LogP contribution in [0, 0.1) is 5.92 Å². The smallest absolute Gasteiger partial charge is 0.407 e. The second-order valence-corrected chi connectivity index (χ2v) is 6.16. The first-order chi connectivity index (χ1) is 11.8. The lowest BCUT2D eigenvalue weighted by molar-refractivity contribution is -0.114. The van der Waals surface area contributed by atoms with Crippen molar-refractivity contribution in [3.05, 3.63) is 29.8 Å². The highest BCUT2D eigenvalue weighted by atomic mass is 16.5. The van der Waals surface area contributed by atoms with Gasteiger partial charge in [0.1, 0.15) is 0 Å². The molecule has 7 heteroatoms. The summed E-state index contributed by atoms with van der Waals surface area (Å²) in [5.41, 5.74) is 0.995. The Hall–Kier alpha value is -2.57. The number of ether oxygens (including phenoxy) is 1. The van der Waals surface area contributed by atoms with Gasteiger partial charge in [0.05, 0.1) is 6.61 Å². The number of amides is 3. The van der Waals surface area contributed by atoms with E-state index >= 15 is 0 Å². The van der Waals surface area contributed by atoms with Crippen LogP contribution in [0.5, 0.6) is 0 Å². The molecule has 1 atom stereocenters. The van der Waals surface area contributed by atoms with Gasteiger partial charge in [0.2, 0.25) is 5.91 Å². The summed E-state index contributed by atoms with van der Waals surface area (Å²) in [5.74, 6) is -0.119. The molecule has 1 aromatic carbocycles. The van der Waals surface area contributed by atoms with Gasteiger partial charge < -0.3 is 20.7 Å². The molecule has 0 bridgehead atoms. The molecule has 138 valence electrons. The summed E-state index contributed by atoms with van der Waals surface area (Å²) in [5, 5.41) is 8.21. The summed E-state index contributed by atoms with van der Waals surface area (Å²) in [6.07, 6.45) is 0.223. The Bertz CT molecular complexity index is 602. The quantitative estimate of drug-likeness (QED) is 0.672. The van der Waals surface area contributed by atoms with Crippen molar-refractivity contribution >= 4 is 23.6 Å². The summed E-state index contributed by atoms with van der Waals surface area (Å²) in [6, 6.07) is 6.45. The average Bonchev–Trinajstić information content (AvgIpc) is 2.51. The Morgan fingerprint density at radius 3 is 2.52 bits per heavy atom. The van der Waals surface area contributed by atoms with Gasteiger partial charge in [-0.05, 0) is 37.5 Å². The van der Waals surface area contributed by atoms with Crippen LogP contribution in [0.25, 0.3) is 0 Å². The van der Waals surface area contributed by atoms with Crippen molar-refractivity contribution in [2.24, 2.45) is 5.92 Å². The van der Waals surface area contributed by atoms with Crippen LogP contribution in [0.1, 0.15) is 44.5 Å². The Labute approximate surface area is 148 Å². The highest BCUT2D eigenvalue weighted by Crippen LogP contribution is 2.11. The third-order valence-corrected chi connectivity index (χ3v) is 3.31. The lowest BCUT2D eigenvalue weighted by Crippen LogP contribution is -2.44. The van der Waals surface area contributed by atoms with Crippen molar-refractivity contribution < 1.29 is 19.1 Å². The zero-order chi connectivity index (χ0) is 18.8. The molecule has 0 aliphatic rings. The molecule has 3 amide bonds. The van der Waals surface area contributed by atoms with E-state index in [1.54, 1.807) is 31.2 Å². The van der Waals surface area contributed by atoms with Crippen LogP contribution in [0.3, 0.4) is 0 Å². The van der Waals surface area contributed by atoms with Crippen LogP contribution in [0.4, 0.5) is 10.5 Å². The van der Waals surface area contributed by atoms with Crippen molar-refractivity contribution in [1.82, 2.24) is 10.6 Å². The minimum atomic E-state index is -0.491. The highest BCUT2D eigenvalue weighted by molar-refractivity contribution is 5.96. The van der Waals surface area contributed by atoms with E-state index in [4.69, 9.17) is 4.74 Å². The van der Waals surface area contributed by atoms with E-state index in [1.165, 1.54) is 6.92 Å². The topological polar surface area (TPSA) is 96.5 Å². The summed E-state index contributed by atoms with van der Waals surface area (Å²) in [6.45, 7) is 7.81. The number of anilines is 1. The van der Waals surface area contributed by atoms with Crippen molar-refractivity contribution in [2.45, 2.75) is 40.2 Å². The fourth-order valence-electron chi connectivity index (χ4n) is 2.36. The van der Waals surface area contributed by atoms with Crippen LogP contribution < -0.4 is 16.0 Å². The van der Waals surface area contributed by atoms with E-state index < -0.39 is 6.09 Å². The molecule has 0 aliphatic carbocycles. The summed E-state index contributed by atoms with van der Waals surface area (Å²) in [7, 11) is 0. The first-order valence-corrected chi connectivity index (χ1v) is 8.41. The lowest BCUT2D eigenvalue weighted by Gasteiger charge is -2.20. The molecule has 1 aromatic rings. The van der Waals surface area contributed by atoms with Gasteiger partial charge in [-0.2, -0.15) is 0 Å². The monoisotopic (exact) mass is 349 g/mol. The van der Waals surface area contributed by atoms with Gasteiger partial charge in [0.15, 0.2) is 0 Å². The number of rotatable bonds is 8.